The zero-order valence-electron chi connectivity index (χ0n) is 57.0. The summed E-state index contributed by atoms with van der Waals surface area (Å²) in [5, 5.41) is 21.1. The van der Waals surface area contributed by atoms with Crippen LogP contribution < -0.4 is 9.47 Å². The Morgan fingerprint density at radius 3 is 0.943 bits per heavy atom. The Morgan fingerprint density at radius 2 is 0.651 bits per heavy atom. The number of hydrogen-bond acceptors (Lipinski definition) is 20. The van der Waals surface area contributed by atoms with Crippen LogP contribution in [0, 0.1) is 127 Å². The van der Waals surface area contributed by atoms with E-state index in [1.54, 1.807) is 82.3 Å². The molecule has 0 unspecified atom stereocenters. The SMILES string of the molecule is O=C(COc1ccc(C(=O)/C=C/[C]2[CH][CH][CH][CH]2)cc1)OCCSSCCO.O=C(COc1ccc(C(=O)/C=C/[C]2[CH][CH][CH][CH]2)cc1)OCCSSCCO.[CH]1[CH][CH][CH][CH]1.[CH]1[CH][CH][CH][CH]1.[Fe+2].[Si+4].c1ccc2c(c1)-c1nc-2nc2[nH]c(nc3nc(nc4[nH]c(n1)c1ccccc41)-c1ccccc1-3)c1ccccc21. The van der Waals surface area contributed by atoms with Gasteiger partial charge in [-0.3, -0.25) is 9.59 Å². The van der Waals surface area contributed by atoms with Crippen molar-refractivity contribution < 1.29 is 65.4 Å². The summed E-state index contributed by atoms with van der Waals surface area (Å²) in [4.78, 5) is 84.2. The summed E-state index contributed by atoms with van der Waals surface area (Å²) in [7, 11) is 6.15. The van der Waals surface area contributed by atoms with Crippen LogP contribution in [0.2, 0.25) is 0 Å². The quantitative estimate of drug-likeness (QED) is 0.0109. The van der Waals surface area contributed by atoms with Gasteiger partial charge >= 0.3 is 40.0 Å². The number of aliphatic hydroxyl groups excluding tert-OH is 2. The normalized spacial score (nSPS) is 14.2. The van der Waals surface area contributed by atoms with E-state index < -0.39 is 11.9 Å². The molecule has 24 heteroatoms. The first-order valence-corrected chi connectivity index (χ1v) is 38.0. The zero-order valence-corrected chi connectivity index (χ0v) is 62.3. The fourth-order valence-electron chi connectivity index (χ4n) is 10.3. The second-order valence-corrected chi connectivity index (χ2v) is 27.8. The molecule has 0 saturated heterocycles. The van der Waals surface area contributed by atoms with Gasteiger partial charge in [0.25, 0.3) is 0 Å². The van der Waals surface area contributed by atoms with Gasteiger partial charge in [0.1, 0.15) is 47.3 Å². The third kappa shape index (κ3) is 24.6. The molecule has 18 nitrogen and oxygen atoms in total. The van der Waals surface area contributed by atoms with Crippen LogP contribution in [0.25, 0.3) is 89.7 Å². The summed E-state index contributed by atoms with van der Waals surface area (Å²) in [6, 6.07) is 45.5. The van der Waals surface area contributed by atoms with Crippen LogP contribution in [-0.4, -0.2) is 147 Å². The van der Waals surface area contributed by atoms with Crippen LogP contribution in [0.5, 0.6) is 11.5 Å². The fourth-order valence-corrected chi connectivity index (χ4v) is 13.4. The van der Waals surface area contributed by atoms with E-state index in [0.29, 0.717) is 105 Å². The number of fused-ring (bicyclic) bond motifs is 20. The number of carbonyl (C=O) groups excluding carboxylic acids is 4. The van der Waals surface area contributed by atoms with E-state index in [1.807, 2.05) is 213 Å². The van der Waals surface area contributed by atoms with Crippen LogP contribution in [0.15, 0.2) is 170 Å². The maximum absolute atomic E-state index is 12.1. The Balaban J connectivity index is 0.000000175. The van der Waals surface area contributed by atoms with Crippen molar-refractivity contribution >= 4 is 122 Å². The summed E-state index contributed by atoms with van der Waals surface area (Å²) in [6.07, 6.45) is 41.9. The molecule has 0 atom stereocenters. The van der Waals surface area contributed by atoms with E-state index in [0.717, 1.165) is 55.6 Å². The van der Waals surface area contributed by atoms with E-state index in [1.165, 1.54) is 33.7 Å². The summed E-state index contributed by atoms with van der Waals surface area (Å²) < 4.78 is 20.8. The summed E-state index contributed by atoms with van der Waals surface area (Å²) in [5.41, 5.74) is 7.54. The van der Waals surface area contributed by atoms with Crippen molar-refractivity contribution in [3.63, 3.8) is 0 Å². The standard InChI is InChI=1S/C32H18N8.2C20H21O5S2.2C5H5.Fe.Si/c1-2-10-18-17(9-1)25-33-26(18)38-28-21-13-5-6-14-22(21)30(35-28)40-32-24-16-8-7-15-23(24)31(36-32)39-29-20-12-4-3-11-19(20)27(34-29)37-25;2*21-11-13-26-27-14-12-24-20(23)15-25-18-8-6-17(7-9-18)19(22)10-5-16-3-1-2-4-16;2*1-2-4-5-3-1;;/h1-16H,(H2,33,34,35,36,37,38,39,40);2*1-10,21H,11-15H2;2*1-5H;;/q;;;;;+2;+4/b;2*10-5+;;;;. The van der Waals surface area contributed by atoms with E-state index in [4.69, 9.17) is 59.1 Å². The first kappa shape index (κ1) is 82.2. The summed E-state index contributed by atoms with van der Waals surface area (Å²) in [6.45, 7) is 0.514. The zero-order chi connectivity index (χ0) is 71.9. The number of hydrogen-bond donors (Lipinski definition) is 4. The number of nitrogens with zero attached hydrogens (tertiary/aromatic N) is 6. The first-order chi connectivity index (χ1) is 51.2. The molecule has 4 saturated carbocycles. The number of allylic oxidation sites excluding steroid dienone is 4. The molecule has 4 fully saturated rings. The average Bonchev–Trinajstić information content (AvgIpc) is 1.61. The molecule has 3 aromatic heterocycles. The minimum absolute atomic E-state index is 0. The molecule has 5 heterocycles. The van der Waals surface area contributed by atoms with Gasteiger partial charge in [-0.1, -0.05) is 152 Å². The number of ether oxygens (including phenoxy) is 4. The topological polar surface area (TPSA) is 255 Å². The van der Waals surface area contributed by atoms with E-state index in [9.17, 15) is 19.2 Å². The molecule has 9 aromatic rings. The number of aromatic nitrogens is 8. The predicted octanol–water partition coefficient (Wildman–Crippen LogP) is 14.8. The molecule has 4 N–H and O–H groups in total. The number of carbonyl (C=O) groups is 4. The molecule has 106 heavy (non-hydrogen) atoms. The molecule has 2 aliphatic heterocycles. The molecule has 0 spiro atoms. The van der Waals surface area contributed by atoms with Crippen molar-refractivity contribution in [1.29, 1.82) is 0 Å². The predicted molar refractivity (Wildman–Crippen MR) is 422 cm³/mol. The Morgan fingerprint density at radius 1 is 0.368 bits per heavy atom. The van der Waals surface area contributed by atoms with E-state index in [2.05, 4.69) is 9.97 Å². The number of benzene rings is 6. The van der Waals surface area contributed by atoms with Gasteiger partial charge in [0.05, 0.1) is 13.2 Å². The van der Waals surface area contributed by atoms with Gasteiger partial charge in [-0.2, -0.15) is 0 Å². The van der Waals surface area contributed by atoms with Crippen molar-refractivity contribution in [1.82, 2.24) is 39.9 Å². The maximum atomic E-state index is 12.1. The number of aliphatic hydroxyl groups is 2. The first-order valence-electron chi connectivity index (χ1n) is 33.1. The number of H-pyrrole nitrogens is 2. The molecule has 15 rings (SSSR count). The minimum Gasteiger partial charge on any atom is -0.482 e. The molecule has 6 aliphatic rings. The minimum atomic E-state index is -0.444. The molecule has 0 amide bonds. The van der Waals surface area contributed by atoms with Crippen molar-refractivity contribution in [2.24, 2.45) is 0 Å². The van der Waals surface area contributed by atoms with Gasteiger partial charge in [0.2, 0.25) is 0 Å². The molecule has 528 valence electrons. The van der Waals surface area contributed by atoms with Crippen LogP contribution in [0.3, 0.4) is 0 Å². The van der Waals surface area contributed by atoms with Crippen molar-refractivity contribution in [2.75, 3.05) is 62.7 Å². The van der Waals surface area contributed by atoms with Gasteiger partial charge in [-0.05, 0) is 176 Å². The fraction of sp³-hybridized carbons (Fsp3) is 0.122. The number of esters is 2. The second-order valence-electron chi connectivity index (χ2n) is 22.4. The average molecular weight is 1540 g/mol. The van der Waals surface area contributed by atoms with Gasteiger partial charge < -0.3 is 39.1 Å². The van der Waals surface area contributed by atoms with Crippen LogP contribution in [-0.2, 0) is 36.1 Å². The van der Waals surface area contributed by atoms with E-state index >= 15 is 0 Å². The molecule has 20 radical (unpaired) electrons. The smallest absolute Gasteiger partial charge is 0.482 e. The number of rotatable bonds is 24. The van der Waals surface area contributed by atoms with Crippen molar-refractivity contribution in [3.8, 4) is 57.1 Å². The molecular formula is C82H70FeN8O10S4Si+6. The third-order valence-electron chi connectivity index (χ3n) is 15.2. The van der Waals surface area contributed by atoms with E-state index in [-0.39, 0.29) is 66.0 Å². The summed E-state index contributed by atoms with van der Waals surface area (Å²) >= 11 is 0. The Bertz CT molecular complexity index is 4090. The molecule has 4 aliphatic carbocycles. The number of ketones is 2. The van der Waals surface area contributed by atoms with Gasteiger partial charge in [0, 0.05) is 89.8 Å². The monoisotopic (exact) mass is 1540 g/mol. The van der Waals surface area contributed by atoms with Crippen LogP contribution in [0.1, 0.15) is 20.7 Å². The summed E-state index contributed by atoms with van der Waals surface area (Å²) in [5.74, 6) is 6.88. The van der Waals surface area contributed by atoms with Crippen molar-refractivity contribution in [3.05, 3.63) is 308 Å². The van der Waals surface area contributed by atoms with Gasteiger partial charge in [0.15, 0.2) is 48.1 Å². The van der Waals surface area contributed by atoms with Gasteiger partial charge in [-0.25, -0.2) is 39.5 Å². The number of nitrogens with one attached hydrogen (secondary N) is 2. The molecule has 6 aromatic carbocycles. The van der Waals surface area contributed by atoms with Crippen LogP contribution in [0.4, 0.5) is 0 Å². The third-order valence-corrected chi connectivity index (χ3v) is 19.9. The van der Waals surface area contributed by atoms with Gasteiger partial charge in [-0.15, -0.1) is 0 Å². The second kappa shape index (κ2) is 44.4. The Labute approximate surface area is 650 Å². The largest absolute Gasteiger partial charge is 4.00 e. The molecule has 8 bridgehead atoms. The Hall–Kier alpha value is -7.90. The molecular weight excluding hydrogens is 1470 g/mol. The Kier molecular flexibility index (Phi) is 34.4. The number of aromatic amines is 2. The maximum Gasteiger partial charge on any atom is 4.00 e. The van der Waals surface area contributed by atoms with Crippen molar-refractivity contribution in [2.45, 2.75) is 0 Å². The van der Waals surface area contributed by atoms with Crippen LogP contribution >= 0.6 is 43.2 Å².